The molecule has 0 fully saturated rings. The molecule has 0 saturated heterocycles. The molecule has 1 atom stereocenters. The second kappa shape index (κ2) is 5.27. The van der Waals surface area contributed by atoms with E-state index >= 15 is 0 Å². The summed E-state index contributed by atoms with van der Waals surface area (Å²) in [6.45, 7) is 1.89. The van der Waals surface area contributed by atoms with Gasteiger partial charge < -0.3 is 5.32 Å². The van der Waals surface area contributed by atoms with E-state index in [1.807, 2.05) is 25.1 Å². The molecular weight excluding hydrogens is 268 g/mol. The van der Waals surface area contributed by atoms with Crippen LogP contribution in [0.3, 0.4) is 0 Å². The van der Waals surface area contributed by atoms with Crippen LogP contribution < -0.4 is 5.32 Å². The lowest BCUT2D eigenvalue weighted by Crippen LogP contribution is -2.08. The van der Waals surface area contributed by atoms with Crippen LogP contribution in [0, 0.1) is 10.1 Å². The maximum absolute atomic E-state index is 10.9. The van der Waals surface area contributed by atoms with Crippen LogP contribution in [0.5, 0.6) is 0 Å². The summed E-state index contributed by atoms with van der Waals surface area (Å²) < 4.78 is 1.41. The molecule has 6 nitrogen and oxygen atoms in total. The number of nitrogens with one attached hydrogen (secondary N) is 1. The number of halogens is 1. The Kier molecular flexibility index (Phi) is 3.71. The van der Waals surface area contributed by atoms with Crippen LogP contribution in [0.15, 0.2) is 30.5 Å². The van der Waals surface area contributed by atoms with Gasteiger partial charge in [0.25, 0.3) is 0 Å². The first kappa shape index (κ1) is 13.4. The second-order valence-corrected chi connectivity index (χ2v) is 4.65. The summed E-state index contributed by atoms with van der Waals surface area (Å²) in [5, 5.41) is 18.6. The van der Waals surface area contributed by atoms with Crippen LogP contribution in [-0.4, -0.2) is 14.7 Å². The number of rotatable bonds is 4. The molecule has 7 heteroatoms. The summed E-state index contributed by atoms with van der Waals surface area (Å²) >= 11 is 5.92. The highest BCUT2D eigenvalue weighted by Crippen LogP contribution is 2.27. The van der Waals surface area contributed by atoms with Crippen molar-refractivity contribution in [1.29, 1.82) is 0 Å². The molecule has 0 aliphatic carbocycles. The Morgan fingerprint density at radius 3 is 2.89 bits per heavy atom. The summed E-state index contributed by atoms with van der Waals surface area (Å²) in [5.74, 6) is 0.250. The molecule has 1 unspecified atom stereocenters. The van der Waals surface area contributed by atoms with Gasteiger partial charge in [-0.15, -0.1) is 5.10 Å². The van der Waals surface area contributed by atoms with Crippen LogP contribution in [0.2, 0.25) is 5.02 Å². The third kappa shape index (κ3) is 3.03. The van der Waals surface area contributed by atoms with Crippen molar-refractivity contribution >= 4 is 23.1 Å². The Balaban J connectivity index is 2.24. The number of hydrogen-bond donors (Lipinski definition) is 1. The molecule has 1 aromatic heterocycles. The lowest BCUT2D eigenvalue weighted by Gasteiger charge is -2.13. The summed E-state index contributed by atoms with van der Waals surface area (Å²) in [6, 6.07) is 7.20. The van der Waals surface area contributed by atoms with Gasteiger partial charge in [0.1, 0.15) is 6.20 Å². The van der Waals surface area contributed by atoms with Crippen LogP contribution in [-0.2, 0) is 7.05 Å². The predicted octanol–water partition coefficient (Wildman–Crippen LogP) is 3.15. The van der Waals surface area contributed by atoms with Gasteiger partial charge in [-0.25, -0.2) is 0 Å². The van der Waals surface area contributed by atoms with Gasteiger partial charge in [-0.3, -0.25) is 14.8 Å². The molecule has 0 saturated carbocycles. The summed E-state index contributed by atoms with van der Waals surface area (Å²) in [5.41, 5.74) is 0.892. The molecule has 19 heavy (non-hydrogen) atoms. The number of aromatic nitrogens is 2. The van der Waals surface area contributed by atoms with Crippen molar-refractivity contribution in [2.45, 2.75) is 13.0 Å². The van der Waals surface area contributed by atoms with Crippen molar-refractivity contribution in [3.05, 3.63) is 51.2 Å². The fourth-order valence-electron chi connectivity index (χ4n) is 1.78. The third-order valence-corrected chi connectivity index (χ3v) is 2.94. The van der Waals surface area contributed by atoms with E-state index in [4.69, 9.17) is 11.6 Å². The Labute approximate surface area is 115 Å². The quantitative estimate of drug-likeness (QED) is 0.690. The fraction of sp³-hybridized carbons (Fsp3) is 0.250. The molecule has 2 rings (SSSR count). The van der Waals surface area contributed by atoms with Crippen molar-refractivity contribution in [2.75, 3.05) is 5.32 Å². The molecular formula is C12H13ClN4O2. The van der Waals surface area contributed by atoms with Gasteiger partial charge in [-0.05, 0) is 24.6 Å². The largest absolute Gasteiger partial charge is 0.356 e. The average molecular weight is 281 g/mol. The average Bonchev–Trinajstić information content (AvgIpc) is 2.70. The fourth-order valence-corrected chi connectivity index (χ4v) is 1.98. The zero-order valence-corrected chi connectivity index (χ0v) is 11.3. The Morgan fingerprint density at radius 1 is 1.53 bits per heavy atom. The Morgan fingerprint density at radius 2 is 2.26 bits per heavy atom. The minimum absolute atomic E-state index is 0.0450. The SMILES string of the molecule is CC(Nc1nn(C)cc1[N+](=O)[O-])c1cccc(Cl)c1. The van der Waals surface area contributed by atoms with Crippen molar-refractivity contribution in [3.63, 3.8) is 0 Å². The van der Waals surface area contributed by atoms with E-state index in [1.165, 1.54) is 10.9 Å². The molecule has 100 valence electrons. The minimum atomic E-state index is -0.458. The van der Waals surface area contributed by atoms with Gasteiger partial charge in [-0.2, -0.15) is 0 Å². The molecule has 0 aliphatic heterocycles. The van der Waals surface area contributed by atoms with Gasteiger partial charge in [0.15, 0.2) is 0 Å². The van der Waals surface area contributed by atoms with Crippen LogP contribution in [0.1, 0.15) is 18.5 Å². The Hall–Kier alpha value is -2.08. The second-order valence-electron chi connectivity index (χ2n) is 4.21. The predicted molar refractivity (Wildman–Crippen MR) is 73.4 cm³/mol. The van der Waals surface area contributed by atoms with Crippen LogP contribution in [0.25, 0.3) is 0 Å². The zero-order chi connectivity index (χ0) is 14.0. The normalized spacial score (nSPS) is 12.2. The molecule has 1 N–H and O–H groups in total. The van der Waals surface area contributed by atoms with Crippen molar-refractivity contribution in [1.82, 2.24) is 9.78 Å². The van der Waals surface area contributed by atoms with E-state index in [1.54, 1.807) is 13.1 Å². The van der Waals surface area contributed by atoms with E-state index in [2.05, 4.69) is 10.4 Å². The molecule has 0 amide bonds. The standard InChI is InChI=1S/C12H13ClN4O2/c1-8(9-4-3-5-10(13)6-9)14-12-11(17(18)19)7-16(2)15-12/h3-8H,1-2H3,(H,14,15). The van der Waals surface area contributed by atoms with E-state index in [-0.39, 0.29) is 17.5 Å². The number of aryl methyl sites for hydroxylation is 1. The van der Waals surface area contributed by atoms with Crippen LogP contribution >= 0.6 is 11.6 Å². The number of anilines is 1. The van der Waals surface area contributed by atoms with Gasteiger partial charge in [-0.1, -0.05) is 23.7 Å². The molecule has 2 aromatic rings. The van der Waals surface area contributed by atoms with Crippen LogP contribution in [0.4, 0.5) is 11.5 Å². The highest BCUT2D eigenvalue weighted by atomic mass is 35.5. The first-order chi connectivity index (χ1) is 8.97. The molecule has 0 bridgehead atoms. The number of nitrogens with zero attached hydrogens (tertiary/aromatic N) is 3. The minimum Gasteiger partial charge on any atom is -0.356 e. The first-order valence-corrected chi connectivity index (χ1v) is 6.05. The van der Waals surface area contributed by atoms with E-state index < -0.39 is 4.92 Å². The molecule has 1 heterocycles. The van der Waals surface area contributed by atoms with Gasteiger partial charge in [0, 0.05) is 12.1 Å². The maximum Gasteiger partial charge on any atom is 0.330 e. The van der Waals surface area contributed by atoms with Gasteiger partial charge in [0.2, 0.25) is 5.82 Å². The van der Waals surface area contributed by atoms with Gasteiger partial charge in [0.05, 0.1) is 11.0 Å². The summed E-state index contributed by atoms with van der Waals surface area (Å²) in [6.07, 6.45) is 1.37. The summed E-state index contributed by atoms with van der Waals surface area (Å²) in [7, 11) is 1.64. The highest BCUT2D eigenvalue weighted by Gasteiger charge is 2.20. The smallest absolute Gasteiger partial charge is 0.330 e. The summed E-state index contributed by atoms with van der Waals surface area (Å²) in [4.78, 5) is 10.4. The molecule has 1 aromatic carbocycles. The van der Waals surface area contributed by atoms with Crippen molar-refractivity contribution in [3.8, 4) is 0 Å². The highest BCUT2D eigenvalue weighted by molar-refractivity contribution is 6.30. The number of hydrogen-bond acceptors (Lipinski definition) is 4. The molecule has 0 spiro atoms. The molecule has 0 radical (unpaired) electrons. The van der Waals surface area contributed by atoms with Crippen molar-refractivity contribution in [2.24, 2.45) is 7.05 Å². The van der Waals surface area contributed by atoms with E-state index in [0.29, 0.717) is 5.02 Å². The zero-order valence-electron chi connectivity index (χ0n) is 10.5. The first-order valence-electron chi connectivity index (χ1n) is 5.67. The lowest BCUT2D eigenvalue weighted by atomic mass is 10.1. The third-order valence-electron chi connectivity index (χ3n) is 2.71. The van der Waals surface area contributed by atoms with Crippen molar-refractivity contribution < 1.29 is 4.92 Å². The van der Waals surface area contributed by atoms with E-state index in [9.17, 15) is 10.1 Å². The number of benzene rings is 1. The van der Waals surface area contributed by atoms with Gasteiger partial charge >= 0.3 is 5.69 Å². The molecule has 0 aliphatic rings. The lowest BCUT2D eigenvalue weighted by molar-refractivity contribution is -0.384. The van der Waals surface area contributed by atoms with E-state index in [0.717, 1.165) is 5.56 Å². The monoisotopic (exact) mass is 280 g/mol. The topological polar surface area (TPSA) is 73.0 Å². The Bertz CT molecular complexity index is 612. The maximum atomic E-state index is 10.9. The number of nitro groups is 1.